The zero-order valence-electron chi connectivity index (χ0n) is 8.38. The van der Waals surface area contributed by atoms with Gasteiger partial charge >= 0.3 is 0 Å². The first-order valence-electron chi connectivity index (χ1n) is 5.01. The van der Waals surface area contributed by atoms with Gasteiger partial charge in [0.1, 0.15) is 6.29 Å². The predicted octanol–water partition coefficient (Wildman–Crippen LogP) is 2.09. The summed E-state index contributed by atoms with van der Waals surface area (Å²) in [5.41, 5.74) is 0. The van der Waals surface area contributed by atoms with Gasteiger partial charge in [0.05, 0.1) is 0 Å². The van der Waals surface area contributed by atoms with E-state index in [2.05, 4.69) is 11.8 Å². The Balaban J connectivity index is 0.000000261. The van der Waals surface area contributed by atoms with Crippen LogP contribution in [0.2, 0.25) is 0 Å². The first-order valence-corrected chi connectivity index (χ1v) is 5.01. The van der Waals surface area contributed by atoms with Gasteiger partial charge in [-0.15, -0.1) is 0 Å². The number of aldehydes is 1. The van der Waals surface area contributed by atoms with Crippen molar-refractivity contribution in [1.29, 1.82) is 0 Å². The largest absolute Gasteiger partial charge is 0.304 e. The number of carbonyl (C=O) groups excluding carboxylic acids is 1. The number of carbonyl (C=O) groups is 1. The molecule has 1 rings (SSSR count). The average molecular weight is 171 g/mol. The van der Waals surface area contributed by atoms with E-state index in [-0.39, 0.29) is 0 Å². The van der Waals surface area contributed by atoms with E-state index in [1.54, 1.807) is 0 Å². The molecule has 72 valence electrons. The molecule has 0 aromatic heterocycles. The van der Waals surface area contributed by atoms with Crippen molar-refractivity contribution in [3.63, 3.8) is 0 Å². The summed E-state index contributed by atoms with van der Waals surface area (Å²) >= 11 is 0. The van der Waals surface area contributed by atoms with Gasteiger partial charge in [0.25, 0.3) is 0 Å². The van der Waals surface area contributed by atoms with Gasteiger partial charge in [-0.2, -0.15) is 0 Å². The van der Waals surface area contributed by atoms with Crippen molar-refractivity contribution in [2.45, 2.75) is 39.5 Å². The van der Waals surface area contributed by atoms with Gasteiger partial charge in [0.15, 0.2) is 0 Å². The van der Waals surface area contributed by atoms with Gasteiger partial charge in [0, 0.05) is 6.42 Å². The van der Waals surface area contributed by atoms with Crippen LogP contribution in [0.15, 0.2) is 0 Å². The van der Waals surface area contributed by atoms with E-state index in [1.165, 1.54) is 38.9 Å². The quantitative estimate of drug-likeness (QED) is 0.593. The molecule has 0 atom stereocenters. The Bertz CT molecular complexity index is 98.0. The monoisotopic (exact) mass is 171 g/mol. The molecule has 1 fully saturated rings. The van der Waals surface area contributed by atoms with E-state index in [1.807, 2.05) is 6.92 Å². The standard InChI is InChI=1S/C7H15N.C3H6O/c1-2-8-6-4-3-5-7-8;1-2-3-4/h2-7H2,1H3;3H,2H2,1H3. The molecule has 1 heterocycles. The molecule has 0 bridgehead atoms. The summed E-state index contributed by atoms with van der Waals surface area (Å²) in [5.74, 6) is 0. The average Bonchev–Trinajstić information content (AvgIpc) is 2.19. The Kier molecular flexibility index (Phi) is 8.46. The fourth-order valence-electron chi connectivity index (χ4n) is 1.28. The molecule has 2 heteroatoms. The number of likely N-dealkylation sites (tertiary alicyclic amines) is 1. The maximum Gasteiger partial charge on any atom is 0.119 e. The maximum atomic E-state index is 9.17. The summed E-state index contributed by atoms with van der Waals surface area (Å²) in [5, 5.41) is 0. The molecule has 0 aliphatic carbocycles. The number of nitrogens with zero attached hydrogens (tertiary/aromatic N) is 1. The van der Waals surface area contributed by atoms with Crippen LogP contribution in [0.5, 0.6) is 0 Å². The van der Waals surface area contributed by atoms with Crippen LogP contribution in [-0.2, 0) is 4.79 Å². The highest BCUT2D eigenvalue weighted by Gasteiger charge is 2.05. The minimum Gasteiger partial charge on any atom is -0.304 e. The molecule has 0 radical (unpaired) electrons. The van der Waals surface area contributed by atoms with Crippen LogP contribution in [0, 0.1) is 0 Å². The fraction of sp³-hybridized carbons (Fsp3) is 0.900. The summed E-state index contributed by atoms with van der Waals surface area (Å²) in [4.78, 5) is 11.7. The lowest BCUT2D eigenvalue weighted by molar-refractivity contribution is -0.107. The Morgan fingerprint density at radius 1 is 1.17 bits per heavy atom. The second kappa shape index (κ2) is 8.72. The number of hydrogen-bond acceptors (Lipinski definition) is 2. The van der Waals surface area contributed by atoms with Crippen molar-refractivity contribution in [3.05, 3.63) is 0 Å². The normalized spacial score (nSPS) is 17.8. The fourth-order valence-corrected chi connectivity index (χ4v) is 1.28. The predicted molar refractivity (Wildman–Crippen MR) is 52.3 cm³/mol. The second-order valence-electron chi connectivity index (χ2n) is 3.07. The van der Waals surface area contributed by atoms with Crippen LogP contribution in [0.25, 0.3) is 0 Å². The van der Waals surface area contributed by atoms with Crippen LogP contribution in [-0.4, -0.2) is 30.8 Å². The molecule has 0 aromatic rings. The molecule has 0 spiro atoms. The van der Waals surface area contributed by atoms with Crippen molar-refractivity contribution >= 4 is 6.29 Å². The van der Waals surface area contributed by atoms with E-state index in [9.17, 15) is 4.79 Å². The summed E-state index contributed by atoms with van der Waals surface area (Å²) in [7, 11) is 0. The summed E-state index contributed by atoms with van der Waals surface area (Å²) in [6.07, 6.45) is 5.82. The summed E-state index contributed by atoms with van der Waals surface area (Å²) in [6.45, 7) is 7.99. The summed E-state index contributed by atoms with van der Waals surface area (Å²) in [6, 6.07) is 0. The molecule has 0 N–H and O–H groups in total. The van der Waals surface area contributed by atoms with Crippen LogP contribution >= 0.6 is 0 Å². The molecular formula is C10H21NO. The zero-order valence-corrected chi connectivity index (χ0v) is 8.38. The molecule has 1 saturated heterocycles. The molecule has 1 aliphatic rings. The molecule has 12 heavy (non-hydrogen) atoms. The summed E-state index contributed by atoms with van der Waals surface area (Å²) < 4.78 is 0. The molecule has 2 nitrogen and oxygen atoms in total. The second-order valence-corrected chi connectivity index (χ2v) is 3.07. The lowest BCUT2D eigenvalue weighted by atomic mass is 10.1. The Hall–Kier alpha value is -0.370. The van der Waals surface area contributed by atoms with Crippen molar-refractivity contribution in [2.75, 3.05) is 19.6 Å². The van der Waals surface area contributed by atoms with Crippen LogP contribution in [0.4, 0.5) is 0 Å². The van der Waals surface area contributed by atoms with E-state index >= 15 is 0 Å². The molecule has 0 amide bonds. The minimum absolute atomic E-state index is 0.639. The first-order chi connectivity index (χ1) is 5.85. The highest BCUT2D eigenvalue weighted by atomic mass is 16.1. The van der Waals surface area contributed by atoms with Gasteiger partial charge in [-0.25, -0.2) is 0 Å². The first kappa shape index (κ1) is 11.6. The van der Waals surface area contributed by atoms with Crippen molar-refractivity contribution in [2.24, 2.45) is 0 Å². The van der Waals surface area contributed by atoms with Crippen LogP contribution in [0.3, 0.4) is 0 Å². The van der Waals surface area contributed by atoms with Gasteiger partial charge in [0.2, 0.25) is 0 Å². The smallest absolute Gasteiger partial charge is 0.119 e. The van der Waals surface area contributed by atoms with E-state index in [0.29, 0.717) is 6.42 Å². The van der Waals surface area contributed by atoms with E-state index in [4.69, 9.17) is 0 Å². The van der Waals surface area contributed by atoms with Gasteiger partial charge in [-0.1, -0.05) is 20.3 Å². The van der Waals surface area contributed by atoms with E-state index < -0.39 is 0 Å². The highest BCUT2D eigenvalue weighted by Crippen LogP contribution is 2.06. The van der Waals surface area contributed by atoms with E-state index in [0.717, 1.165) is 6.29 Å². The Morgan fingerprint density at radius 2 is 1.67 bits per heavy atom. The third kappa shape index (κ3) is 6.35. The van der Waals surface area contributed by atoms with Crippen molar-refractivity contribution in [3.8, 4) is 0 Å². The van der Waals surface area contributed by atoms with Gasteiger partial charge < -0.3 is 9.69 Å². The third-order valence-corrected chi connectivity index (χ3v) is 2.06. The molecule has 0 aromatic carbocycles. The third-order valence-electron chi connectivity index (χ3n) is 2.06. The van der Waals surface area contributed by atoms with Gasteiger partial charge in [-0.05, 0) is 32.5 Å². The number of hydrogen-bond donors (Lipinski definition) is 0. The molecule has 0 unspecified atom stereocenters. The zero-order chi connectivity index (χ0) is 9.23. The Labute approximate surface area is 75.9 Å². The molecule has 0 saturated carbocycles. The van der Waals surface area contributed by atoms with Crippen LogP contribution in [0.1, 0.15) is 39.5 Å². The lowest BCUT2D eigenvalue weighted by Crippen LogP contribution is -2.29. The Morgan fingerprint density at radius 3 is 1.92 bits per heavy atom. The maximum absolute atomic E-state index is 9.17. The molecule has 1 aliphatic heterocycles. The van der Waals surface area contributed by atoms with Crippen molar-refractivity contribution in [1.82, 2.24) is 4.90 Å². The van der Waals surface area contributed by atoms with Crippen molar-refractivity contribution < 1.29 is 4.79 Å². The molecular weight excluding hydrogens is 150 g/mol. The topological polar surface area (TPSA) is 20.3 Å². The number of rotatable bonds is 2. The lowest BCUT2D eigenvalue weighted by Gasteiger charge is -2.24. The highest BCUT2D eigenvalue weighted by molar-refractivity contribution is 5.48. The van der Waals surface area contributed by atoms with Gasteiger partial charge in [-0.3, -0.25) is 0 Å². The SMILES string of the molecule is CCC=O.CCN1CCCCC1. The van der Waals surface area contributed by atoms with Crippen LogP contribution < -0.4 is 0 Å². The minimum atomic E-state index is 0.639. The number of piperidine rings is 1.